The van der Waals surface area contributed by atoms with Gasteiger partial charge in [-0.25, -0.2) is 0 Å². The zero-order valence-corrected chi connectivity index (χ0v) is 18.3. The summed E-state index contributed by atoms with van der Waals surface area (Å²) in [6.07, 6.45) is 1.81. The summed E-state index contributed by atoms with van der Waals surface area (Å²) in [4.78, 5) is 6.68. The molecule has 1 aliphatic heterocycles. The first-order valence-electron chi connectivity index (χ1n) is 9.54. The molecule has 152 valence electrons. The van der Waals surface area contributed by atoms with E-state index in [1.807, 2.05) is 67.3 Å². The lowest BCUT2D eigenvalue weighted by atomic mass is 9.95. The molecule has 1 N–H and O–H groups in total. The van der Waals surface area contributed by atoms with Crippen LogP contribution in [0.2, 0.25) is 5.02 Å². The van der Waals surface area contributed by atoms with Crippen LogP contribution < -0.4 is 5.32 Å². The molecular weight excluding hydrogens is 416 g/mol. The zero-order chi connectivity index (χ0) is 21.3. The third-order valence-corrected chi connectivity index (χ3v) is 5.60. The summed E-state index contributed by atoms with van der Waals surface area (Å²) >= 11 is 11.9. The van der Waals surface area contributed by atoms with Crippen LogP contribution in [0, 0.1) is 6.92 Å². The molecule has 3 aromatic rings. The number of aromatic nitrogens is 2. The molecule has 0 saturated carbocycles. The van der Waals surface area contributed by atoms with E-state index < -0.39 is 0 Å². The number of hydrogen-bond donors (Lipinski definition) is 1. The highest BCUT2D eigenvalue weighted by atomic mass is 35.5. The third-order valence-electron chi connectivity index (χ3n) is 5.02. The molecule has 0 bridgehead atoms. The van der Waals surface area contributed by atoms with Crippen LogP contribution in [0.3, 0.4) is 0 Å². The van der Waals surface area contributed by atoms with Gasteiger partial charge in [-0.2, -0.15) is 4.98 Å². The molecule has 5 nitrogen and oxygen atoms in total. The van der Waals surface area contributed by atoms with Crippen LogP contribution in [0.5, 0.6) is 0 Å². The first-order chi connectivity index (χ1) is 14.5. The summed E-state index contributed by atoms with van der Waals surface area (Å²) in [6.45, 7) is 8.45. The summed E-state index contributed by atoms with van der Waals surface area (Å²) in [5.74, 6) is 0.986. The number of aryl methyl sites for hydroxylation is 1. The molecule has 0 amide bonds. The van der Waals surface area contributed by atoms with Gasteiger partial charge in [0.05, 0.1) is 11.6 Å². The lowest BCUT2D eigenvalue weighted by molar-refractivity contribution is 0.399. The van der Waals surface area contributed by atoms with Gasteiger partial charge in [-0.15, -0.1) is 6.58 Å². The van der Waals surface area contributed by atoms with E-state index in [1.165, 1.54) is 0 Å². The van der Waals surface area contributed by atoms with Gasteiger partial charge in [0.25, 0.3) is 5.89 Å². The van der Waals surface area contributed by atoms with E-state index >= 15 is 0 Å². The molecule has 1 aliphatic rings. The molecule has 0 saturated heterocycles. The minimum Gasteiger partial charge on any atom is -0.351 e. The van der Waals surface area contributed by atoms with E-state index in [1.54, 1.807) is 6.08 Å². The van der Waals surface area contributed by atoms with Crippen molar-refractivity contribution in [3.8, 4) is 11.4 Å². The van der Waals surface area contributed by atoms with Crippen molar-refractivity contribution in [2.75, 3.05) is 6.54 Å². The minimum atomic E-state index is -0.261. The Morgan fingerprint density at radius 2 is 2.03 bits per heavy atom. The number of halogens is 1. The fraction of sp³-hybridized carbons (Fsp3) is 0.174. The maximum absolute atomic E-state index is 6.26. The topological polar surface area (TPSA) is 54.2 Å². The maximum Gasteiger partial charge on any atom is 0.258 e. The van der Waals surface area contributed by atoms with Crippen LogP contribution in [0.25, 0.3) is 17.0 Å². The molecular formula is C23H21ClN4OS. The molecule has 0 radical (unpaired) electrons. The molecule has 0 aliphatic carbocycles. The van der Waals surface area contributed by atoms with Gasteiger partial charge in [0.1, 0.15) is 0 Å². The van der Waals surface area contributed by atoms with Crippen LogP contribution in [-0.4, -0.2) is 26.7 Å². The molecule has 0 spiro atoms. The number of benzene rings is 2. The quantitative estimate of drug-likeness (QED) is 0.418. The monoisotopic (exact) mass is 436 g/mol. The second kappa shape index (κ2) is 8.42. The Kier molecular flexibility index (Phi) is 5.70. The average molecular weight is 437 g/mol. The Labute approximate surface area is 186 Å². The predicted octanol–water partition coefficient (Wildman–Crippen LogP) is 5.55. The fourth-order valence-corrected chi connectivity index (χ4v) is 4.11. The molecule has 1 unspecified atom stereocenters. The Morgan fingerprint density at radius 3 is 2.77 bits per heavy atom. The van der Waals surface area contributed by atoms with Crippen LogP contribution in [-0.2, 0) is 0 Å². The highest BCUT2D eigenvalue weighted by Gasteiger charge is 2.33. The highest BCUT2D eigenvalue weighted by molar-refractivity contribution is 7.80. The van der Waals surface area contributed by atoms with E-state index in [-0.39, 0.29) is 6.04 Å². The molecule has 2 aromatic carbocycles. The van der Waals surface area contributed by atoms with Gasteiger partial charge in [0.15, 0.2) is 5.11 Å². The zero-order valence-electron chi connectivity index (χ0n) is 16.7. The minimum absolute atomic E-state index is 0.261. The van der Waals surface area contributed by atoms with Gasteiger partial charge in [-0.3, -0.25) is 0 Å². The van der Waals surface area contributed by atoms with Gasteiger partial charge < -0.3 is 14.7 Å². The summed E-state index contributed by atoms with van der Waals surface area (Å²) in [5.41, 5.74) is 4.80. The van der Waals surface area contributed by atoms with Gasteiger partial charge >= 0.3 is 0 Å². The van der Waals surface area contributed by atoms with Crippen molar-refractivity contribution >= 4 is 34.5 Å². The molecule has 0 fully saturated rings. The van der Waals surface area contributed by atoms with E-state index in [4.69, 9.17) is 33.3 Å². The Hall–Kier alpha value is -2.96. The van der Waals surface area contributed by atoms with Crippen molar-refractivity contribution in [1.29, 1.82) is 0 Å². The van der Waals surface area contributed by atoms with E-state index in [0.29, 0.717) is 28.4 Å². The summed E-state index contributed by atoms with van der Waals surface area (Å²) < 4.78 is 5.72. The summed E-state index contributed by atoms with van der Waals surface area (Å²) in [5, 5.41) is 8.88. The predicted molar refractivity (Wildman–Crippen MR) is 124 cm³/mol. The molecule has 4 rings (SSSR count). The van der Waals surface area contributed by atoms with Crippen molar-refractivity contribution in [3.05, 3.63) is 88.9 Å². The van der Waals surface area contributed by atoms with Crippen LogP contribution >= 0.6 is 23.8 Å². The van der Waals surface area contributed by atoms with Gasteiger partial charge in [0, 0.05) is 22.8 Å². The number of rotatable bonds is 5. The van der Waals surface area contributed by atoms with E-state index in [9.17, 15) is 0 Å². The van der Waals surface area contributed by atoms with Crippen molar-refractivity contribution in [2.24, 2.45) is 0 Å². The lowest BCUT2D eigenvalue weighted by Crippen LogP contribution is -2.45. The highest BCUT2D eigenvalue weighted by Crippen LogP contribution is 2.38. The maximum atomic E-state index is 6.26. The summed E-state index contributed by atoms with van der Waals surface area (Å²) in [6, 6.07) is 15.4. The molecule has 1 atom stereocenters. The Balaban J connectivity index is 1.83. The second-order valence-electron chi connectivity index (χ2n) is 7.13. The van der Waals surface area contributed by atoms with E-state index in [0.717, 1.165) is 28.0 Å². The van der Waals surface area contributed by atoms with Crippen LogP contribution in [0.4, 0.5) is 0 Å². The number of allylic oxidation sites excluding steroid dienone is 1. The molecule has 2 heterocycles. The fourth-order valence-electron chi connectivity index (χ4n) is 3.58. The average Bonchev–Trinajstić information content (AvgIpc) is 3.20. The molecule has 7 heteroatoms. The number of nitrogens with zero attached hydrogens (tertiary/aromatic N) is 3. The van der Waals surface area contributed by atoms with Crippen LogP contribution in [0.1, 0.15) is 30.0 Å². The summed E-state index contributed by atoms with van der Waals surface area (Å²) in [7, 11) is 0. The largest absolute Gasteiger partial charge is 0.351 e. The van der Waals surface area contributed by atoms with Crippen molar-refractivity contribution in [2.45, 2.75) is 19.9 Å². The van der Waals surface area contributed by atoms with Gasteiger partial charge in [0.2, 0.25) is 5.82 Å². The SMILES string of the molecule is C=CCN1C(=S)NC(c2cccc(Cl)c2)C(c2nc(-c3cccc(C)c3)no2)=C1C. The van der Waals surface area contributed by atoms with Crippen molar-refractivity contribution in [3.63, 3.8) is 0 Å². The number of thiocarbonyl (C=S) groups is 1. The lowest BCUT2D eigenvalue weighted by Gasteiger charge is -2.36. The number of hydrogen-bond acceptors (Lipinski definition) is 4. The Morgan fingerprint density at radius 1 is 1.23 bits per heavy atom. The standard InChI is InChI=1S/C23H21ClN4OS/c1-4-11-28-15(3)19(20(25-23(28)30)16-8-6-10-18(24)13-16)22-26-21(27-29-22)17-9-5-7-14(2)12-17/h4-10,12-13,20H,1,11H2,2-3H3,(H,25,30). The number of nitrogens with one attached hydrogen (secondary N) is 1. The molecule has 1 aromatic heterocycles. The first-order valence-corrected chi connectivity index (χ1v) is 10.3. The van der Waals surface area contributed by atoms with Crippen LogP contribution in [0.15, 0.2) is 71.4 Å². The van der Waals surface area contributed by atoms with Gasteiger partial charge in [-0.05, 0) is 49.8 Å². The van der Waals surface area contributed by atoms with Gasteiger partial charge in [-0.1, -0.05) is 58.7 Å². The molecule has 30 heavy (non-hydrogen) atoms. The van der Waals surface area contributed by atoms with Crippen molar-refractivity contribution < 1.29 is 4.52 Å². The Bertz CT molecular complexity index is 1150. The first kappa shape index (κ1) is 20.3. The second-order valence-corrected chi connectivity index (χ2v) is 7.95. The normalized spacial score (nSPS) is 16.6. The smallest absolute Gasteiger partial charge is 0.258 e. The van der Waals surface area contributed by atoms with Crippen molar-refractivity contribution in [1.82, 2.24) is 20.4 Å². The third kappa shape index (κ3) is 3.88. The van der Waals surface area contributed by atoms with E-state index in [2.05, 4.69) is 17.1 Å².